The number of amides is 1. The van der Waals surface area contributed by atoms with Crippen molar-refractivity contribution in [1.29, 1.82) is 0 Å². The van der Waals surface area contributed by atoms with E-state index in [0.717, 1.165) is 30.4 Å². The van der Waals surface area contributed by atoms with Crippen LogP contribution in [0, 0.1) is 6.92 Å². The molecule has 0 saturated heterocycles. The SMILES string of the molecule is CNNC(=O)CCCCc1ccc2oc(C)nc2c1. The summed E-state index contributed by atoms with van der Waals surface area (Å²) >= 11 is 0. The lowest BCUT2D eigenvalue weighted by Crippen LogP contribution is -2.33. The molecule has 0 unspecified atom stereocenters. The molecule has 0 saturated carbocycles. The smallest absolute Gasteiger partial charge is 0.234 e. The van der Waals surface area contributed by atoms with Gasteiger partial charge in [0.25, 0.3) is 0 Å². The number of nitrogens with zero attached hydrogens (tertiary/aromatic N) is 1. The van der Waals surface area contributed by atoms with Gasteiger partial charge in [0.2, 0.25) is 5.91 Å². The largest absolute Gasteiger partial charge is 0.441 e. The summed E-state index contributed by atoms with van der Waals surface area (Å²) in [4.78, 5) is 15.6. The Morgan fingerprint density at radius 3 is 3.00 bits per heavy atom. The van der Waals surface area contributed by atoms with E-state index < -0.39 is 0 Å². The molecule has 0 bridgehead atoms. The van der Waals surface area contributed by atoms with Crippen molar-refractivity contribution < 1.29 is 9.21 Å². The van der Waals surface area contributed by atoms with Crippen LogP contribution in [0.1, 0.15) is 30.7 Å². The highest BCUT2D eigenvalue weighted by molar-refractivity contribution is 5.75. The molecule has 0 aliphatic rings. The van der Waals surface area contributed by atoms with E-state index in [9.17, 15) is 4.79 Å². The third-order valence-corrected chi connectivity index (χ3v) is 2.94. The highest BCUT2D eigenvalue weighted by atomic mass is 16.3. The van der Waals surface area contributed by atoms with Gasteiger partial charge in [-0.2, -0.15) is 0 Å². The van der Waals surface area contributed by atoms with Crippen LogP contribution in [-0.4, -0.2) is 17.9 Å². The van der Waals surface area contributed by atoms with Crippen LogP contribution in [0.3, 0.4) is 0 Å². The molecule has 1 heterocycles. The predicted molar refractivity (Wildman–Crippen MR) is 73.5 cm³/mol. The quantitative estimate of drug-likeness (QED) is 0.617. The molecule has 0 atom stereocenters. The maximum Gasteiger partial charge on any atom is 0.234 e. The average molecular weight is 261 g/mol. The molecular formula is C14H19N3O2. The van der Waals surface area contributed by atoms with Crippen molar-refractivity contribution in [2.45, 2.75) is 32.6 Å². The van der Waals surface area contributed by atoms with E-state index in [-0.39, 0.29) is 5.91 Å². The number of carbonyl (C=O) groups is 1. The Bertz CT molecular complexity index is 563. The number of nitrogens with one attached hydrogen (secondary N) is 2. The number of rotatable bonds is 6. The van der Waals surface area contributed by atoms with Gasteiger partial charge in [-0.3, -0.25) is 10.2 Å². The molecule has 2 N–H and O–H groups in total. The van der Waals surface area contributed by atoms with Gasteiger partial charge >= 0.3 is 0 Å². The zero-order valence-electron chi connectivity index (χ0n) is 11.3. The van der Waals surface area contributed by atoms with Crippen LogP contribution >= 0.6 is 0 Å². The Balaban J connectivity index is 1.83. The summed E-state index contributed by atoms with van der Waals surface area (Å²) in [5, 5.41) is 0. The lowest BCUT2D eigenvalue weighted by atomic mass is 10.1. The fraction of sp³-hybridized carbons (Fsp3) is 0.429. The average Bonchev–Trinajstić information content (AvgIpc) is 2.74. The van der Waals surface area contributed by atoms with Crippen molar-refractivity contribution in [2.75, 3.05) is 7.05 Å². The van der Waals surface area contributed by atoms with Gasteiger partial charge in [-0.25, -0.2) is 10.4 Å². The van der Waals surface area contributed by atoms with E-state index in [2.05, 4.69) is 28.0 Å². The Labute approximate surface area is 112 Å². The van der Waals surface area contributed by atoms with Crippen molar-refractivity contribution in [3.8, 4) is 0 Å². The third kappa shape index (κ3) is 3.79. The molecule has 0 fully saturated rings. The standard InChI is InChI=1S/C14H19N3O2/c1-10-16-12-9-11(7-8-13(12)19-10)5-3-4-6-14(18)17-15-2/h7-9,15H,3-6H2,1-2H3,(H,17,18). The number of aromatic nitrogens is 1. The molecule has 2 aromatic rings. The third-order valence-electron chi connectivity index (χ3n) is 2.94. The normalized spacial score (nSPS) is 10.8. The van der Waals surface area contributed by atoms with Gasteiger partial charge in [-0.1, -0.05) is 6.07 Å². The van der Waals surface area contributed by atoms with Gasteiger partial charge in [0.1, 0.15) is 5.52 Å². The summed E-state index contributed by atoms with van der Waals surface area (Å²) in [6.45, 7) is 1.85. The molecule has 19 heavy (non-hydrogen) atoms. The van der Waals surface area contributed by atoms with Gasteiger partial charge in [-0.15, -0.1) is 0 Å². The minimum Gasteiger partial charge on any atom is -0.441 e. The fourth-order valence-electron chi connectivity index (χ4n) is 2.06. The summed E-state index contributed by atoms with van der Waals surface area (Å²) in [5.74, 6) is 0.723. The Morgan fingerprint density at radius 1 is 1.37 bits per heavy atom. The first-order valence-electron chi connectivity index (χ1n) is 6.50. The van der Waals surface area contributed by atoms with E-state index in [1.807, 2.05) is 13.0 Å². The van der Waals surface area contributed by atoms with Crippen LogP contribution < -0.4 is 10.9 Å². The minimum atomic E-state index is 0.0325. The molecule has 0 aliphatic heterocycles. The summed E-state index contributed by atoms with van der Waals surface area (Å²) in [5.41, 5.74) is 8.16. The first-order chi connectivity index (χ1) is 9.19. The zero-order valence-corrected chi connectivity index (χ0v) is 11.3. The van der Waals surface area contributed by atoms with Crippen LogP contribution in [0.5, 0.6) is 0 Å². The molecule has 0 aliphatic carbocycles. The fourth-order valence-corrected chi connectivity index (χ4v) is 2.06. The molecule has 1 aromatic carbocycles. The molecule has 5 heteroatoms. The van der Waals surface area contributed by atoms with Crippen LogP contribution in [0.25, 0.3) is 11.1 Å². The number of aryl methyl sites for hydroxylation is 2. The molecule has 0 spiro atoms. The number of hydrazine groups is 1. The van der Waals surface area contributed by atoms with E-state index >= 15 is 0 Å². The monoisotopic (exact) mass is 261 g/mol. The lowest BCUT2D eigenvalue weighted by molar-refractivity contribution is -0.122. The first-order valence-corrected chi connectivity index (χ1v) is 6.50. The van der Waals surface area contributed by atoms with Crippen molar-refractivity contribution >= 4 is 17.0 Å². The summed E-state index contributed by atoms with van der Waals surface area (Å²) < 4.78 is 5.44. The second-order valence-corrected chi connectivity index (χ2v) is 4.54. The zero-order chi connectivity index (χ0) is 13.7. The molecule has 102 valence electrons. The number of unbranched alkanes of at least 4 members (excludes halogenated alkanes) is 1. The second-order valence-electron chi connectivity index (χ2n) is 4.54. The van der Waals surface area contributed by atoms with Crippen LogP contribution in [0.15, 0.2) is 22.6 Å². The van der Waals surface area contributed by atoms with Gasteiger partial charge in [0, 0.05) is 20.4 Å². The highest BCUT2D eigenvalue weighted by Crippen LogP contribution is 2.18. The van der Waals surface area contributed by atoms with E-state index in [1.165, 1.54) is 5.56 Å². The number of hydrogen-bond donors (Lipinski definition) is 2. The number of fused-ring (bicyclic) bond motifs is 1. The van der Waals surface area contributed by atoms with Gasteiger partial charge in [-0.05, 0) is 37.0 Å². The molecule has 0 radical (unpaired) electrons. The number of hydrogen-bond acceptors (Lipinski definition) is 4. The van der Waals surface area contributed by atoms with E-state index in [4.69, 9.17) is 4.42 Å². The number of benzene rings is 1. The molecule has 1 aromatic heterocycles. The molecule has 2 rings (SSSR count). The van der Waals surface area contributed by atoms with Crippen molar-refractivity contribution in [3.05, 3.63) is 29.7 Å². The van der Waals surface area contributed by atoms with Crippen molar-refractivity contribution in [2.24, 2.45) is 0 Å². The number of oxazole rings is 1. The Kier molecular flexibility index (Phi) is 4.52. The molecule has 1 amide bonds. The Morgan fingerprint density at radius 2 is 2.21 bits per heavy atom. The summed E-state index contributed by atoms with van der Waals surface area (Å²) in [6.07, 6.45) is 3.36. The van der Waals surface area contributed by atoms with Gasteiger partial charge in [0.15, 0.2) is 11.5 Å². The summed E-state index contributed by atoms with van der Waals surface area (Å²) in [6, 6.07) is 6.07. The predicted octanol–water partition coefficient (Wildman–Crippen LogP) is 2.10. The topological polar surface area (TPSA) is 67.2 Å². The van der Waals surface area contributed by atoms with E-state index in [1.54, 1.807) is 7.05 Å². The van der Waals surface area contributed by atoms with Crippen molar-refractivity contribution in [1.82, 2.24) is 15.8 Å². The lowest BCUT2D eigenvalue weighted by Gasteiger charge is -2.03. The number of carbonyl (C=O) groups excluding carboxylic acids is 1. The van der Waals surface area contributed by atoms with Gasteiger partial charge < -0.3 is 4.42 Å². The van der Waals surface area contributed by atoms with Crippen LogP contribution in [0.2, 0.25) is 0 Å². The summed E-state index contributed by atoms with van der Waals surface area (Å²) in [7, 11) is 1.69. The first kappa shape index (κ1) is 13.5. The Hall–Kier alpha value is -1.88. The van der Waals surface area contributed by atoms with Crippen LogP contribution in [-0.2, 0) is 11.2 Å². The highest BCUT2D eigenvalue weighted by Gasteiger charge is 2.04. The maximum atomic E-state index is 11.2. The van der Waals surface area contributed by atoms with Crippen molar-refractivity contribution in [3.63, 3.8) is 0 Å². The van der Waals surface area contributed by atoms with E-state index in [0.29, 0.717) is 12.3 Å². The molecular weight excluding hydrogens is 242 g/mol. The van der Waals surface area contributed by atoms with Crippen LogP contribution in [0.4, 0.5) is 0 Å². The maximum absolute atomic E-state index is 11.2. The minimum absolute atomic E-state index is 0.0325. The molecule has 5 nitrogen and oxygen atoms in total. The van der Waals surface area contributed by atoms with Gasteiger partial charge in [0.05, 0.1) is 0 Å². The second kappa shape index (κ2) is 6.33.